The second-order valence-electron chi connectivity index (χ2n) is 7.09. The number of carbonyl (C=O) groups is 1. The summed E-state index contributed by atoms with van der Waals surface area (Å²) in [6, 6.07) is 18.7. The Morgan fingerprint density at radius 1 is 1.03 bits per heavy atom. The number of aromatic nitrogens is 4. The van der Waals surface area contributed by atoms with E-state index in [1.165, 1.54) is 4.68 Å². The predicted octanol–water partition coefficient (Wildman–Crippen LogP) is 4.69. The van der Waals surface area contributed by atoms with Gasteiger partial charge >= 0.3 is 0 Å². The van der Waals surface area contributed by atoms with Crippen molar-refractivity contribution in [2.45, 2.75) is 27.1 Å². The molecule has 1 amide bonds. The molecule has 8 heteroatoms. The van der Waals surface area contributed by atoms with Gasteiger partial charge in [0, 0.05) is 11.2 Å². The highest BCUT2D eigenvalue weighted by atomic mass is 35.5. The molecule has 158 valence electrons. The van der Waals surface area contributed by atoms with Crippen LogP contribution in [0.2, 0.25) is 5.02 Å². The summed E-state index contributed by atoms with van der Waals surface area (Å²) in [5, 5.41) is 12.4. The van der Waals surface area contributed by atoms with Gasteiger partial charge in [0.1, 0.15) is 11.4 Å². The lowest BCUT2D eigenvalue weighted by molar-refractivity contribution is 0.100. The molecule has 0 radical (unpaired) electrons. The minimum atomic E-state index is -0.275. The van der Waals surface area contributed by atoms with Gasteiger partial charge in [-0.15, -0.1) is 0 Å². The highest BCUT2D eigenvalue weighted by Crippen LogP contribution is 2.22. The summed E-state index contributed by atoms with van der Waals surface area (Å²) in [5.74, 6) is 0.364. The number of ether oxygens (including phenoxy) is 1. The molecule has 1 N–H and O–H groups in total. The number of nitrogens with zero attached hydrogens (tertiary/aromatic N) is 4. The van der Waals surface area contributed by atoms with Crippen molar-refractivity contribution in [3.8, 4) is 5.75 Å². The zero-order valence-electron chi connectivity index (χ0n) is 17.2. The number of halogens is 1. The van der Waals surface area contributed by atoms with Crippen LogP contribution in [-0.2, 0) is 13.3 Å². The Labute approximate surface area is 185 Å². The van der Waals surface area contributed by atoms with E-state index in [1.54, 1.807) is 36.5 Å². The molecule has 0 saturated carbocycles. The van der Waals surface area contributed by atoms with Crippen LogP contribution in [0.1, 0.15) is 27.4 Å². The Hall–Kier alpha value is -3.58. The van der Waals surface area contributed by atoms with Crippen molar-refractivity contribution in [3.63, 3.8) is 0 Å². The van der Waals surface area contributed by atoms with Crippen LogP contribution in [0.4, 0.5) is 5.69 Å². The van der Waals surface area contributed by atoms with Crippen LogP contribution >= 0.6 is 11.6 Å². The van der Waals surface area contributed by atoms with Crippen LogP contribution in [0.5, 0.6) is 5.75 Å². The number of nitrogens with one attached hydrogen (secondary N) is 1. The molecule has 2 aromatic carbocycles. The molecule has 0 fully saturated rings. The van der Waals surface area contributed by atoms with E-state index in [0.29, 0.717) is 28.7 Å². The van der Waals surface area contributed by atoms with Crippen LogP contribution < -0.4 is 10.1 Å². The molecule has 0 unspecified atom stereocenters. The third-order valence-electron chi connectivity index (χ3n) is 4.91. The second-order valence-corrected chi connectivity index (χ2v) is 7.52. The first-order valence-electron chi connectivity index (χ1n) is 9.80. The molecule has 0 bridgehead atoms. The van der Waals surface area contributed by atoms with Gasteiger partial charge in [0.15, 0.2) is 6.73 Å². The molecule has 0 atom stereocenters. The first-order chi connectivity index (χ1) is 15.0. The van der Waals surface area contributed by atoms with Gasteiger partial charge in [-0.2, -0.15) is 10.2 Å². The lowest BCUT2D eigenvalue weighted by atomic mass is 10.2. The maximum absolute atomic E-state index is 12.9. The van der Waals surface area contributed by atoms with E-state index in [0.717, 1.165) is 17.0 Å². The number of amides is 1. The van der Waals surface area contributed by atoms with Gasteiger partial charge in [-0.1, -0.05) is 41.9 Å². The van der Waals surface area contributed by atoms with Crippen molar-refractivity contribution in [2.24, 2.45) is 0 Å². The van der Waals surface area contributed by atoms with Crippen molar-refractivity contribution >= 4 is 23.2 Å². The van der Waals surface area contributed by atoms with E-state index in [1.807, 2.05) is 48.9 Å². The van der Waals surface area contributed by atoms with Gasteiger partial charge < -0.3 is 10.1 Å². The van der Waals surface area contributed by atoms with Gasteiger partial charge in [0.05, 0.1) is 23.6 Å². The van der Waals surface area contributed by atoms with E-state index >= 15 is 0 Å². The Morgan fingerprint density at radius 2 is 1.77 bits per heavy atom. The van der Waals surface area contributed by atoms with Crippen LogP contribution in [0.15, 0.2) is 66.9 Å². The summed E-state index contributed by atoms with van der Waals surface area (Å²) in [4.78, 5) is 12.9. The molecule has 0 spiro atoms. The highest BCUT2D eigenvalue weighted by molar-refractivity contribution is 6.30. The molecular weight excluding hydrogens is 414 g/mol. The molecule has 0 aliphatic carbocycles. The van der Waals surface area contributed by atoms with E-state index in [9.17, 15) is 4.79 Å². The Morgan fingerprint density at radius 3 is 2.52 bits per heavy atom. The van der Waals surface area contributed by atoms with Gasteiger partial charge in [-0.3, -0.25) is 9.48 Å². The average molecular weight is 436 g/mol. The van der Waals surface area contributed by atoms with Crippen molar-refractivity contribution in [1.29, 1.82) is 0 Å². The second kappa shape index (κ2) is 9.06. The molecule has 4 rings (SSSR count). The monoisotopic (exact) mass is 435 g/mol. The molecule has 0 aliphatic heterocycles. The number of hydrogen-bond donors (Lipinski definition) is 1. The lowest BCUT2D eigenvalue weighted by Gasteiger charge is -2.11. The molecule has 7 nitrogen and oxygen atoms in total. The molecule has 4 aromatic rings. The molecule has 2 heterocycles. The first kappa shape index (κ1) is 20.7. The number of rotatable bonds is 7. The number of hydrogen-bond acceptors (Lipinski definition) is 4. The molecule has 0 saturated heterocycles. The zero-order valence-corrected chi connectivity index (χ0v) is 18.0. The Kier molecular flexibility index (Phi) is 6.04. The fourth-order valence-electron chi connectivity index (χ4n) is 3.26. The van der Waals surface area contributed by atoms with E-state index in [4.69, 9.17) is 16.3 Å². The van der Waals surface area contributed by atoms with Crippen LogP contribution in [0.3, 0.4) is 0 Å². The van der Waals surface area contributed by atoms with Gasteiger partial charge in [-0.25, -0.2) is 4.68 Å². The number of benzene rings is 2. The summed E-state index contributed by atoms with van der Waals surface area (Å²) in [6.45, 7) is 4.56. The average Bonchev–Trinajstić information content (AvgIpc) is 3.34. The number of anilines is 1. The topological polar surface area (TPSA) is 74.0 Å². The van der Waals surface area contributed by atoms with Gasteiger partial charge in [0.25, 0.3) is 5.91 Å². The fraction of sp³-hybridized carbons (Fsp3) is 0.174. The van der Waals surface area contributed by atoms with E-state index in [-0.39, 0.29) is 12.6 Å². The SMILES string of the molecule is Cc1nn(Cc2ccccc2)c(C)c1NC(=O)c1ccnn1COc1ccc(Cl)cc1. The maximum Gasteiger partial charge on any atom is 0.274 e. The zero-order chi connectivity index (χ0) is 21.8. The minimum Gasteiger partial charge on any atom is -0.471 e. The Bertz CT molecular complexity index is 1180. The third-order valence-corrected chi connectivity index (χ3v) is 5.16. The van der Waals surface area contributed by atoms with Crippen LogP contribution in [0.25, 0.3) is 0 Å². The van der Waals surface area contributed by atoms with Crippen molar-refractivity contribution < 1.29 is 9.53 Å². The minimum absolute atomic E-state index is 0.0998. The number of aryl methyl sites for hydroxylation is 1. The first-order valence-corrected chi connectivity index (χ1v) is 10.2. The van der Waals surface area contributed by atoms with Crippen molar-refractivity contribution in [1.82, 2.24) is 19.6 Å². The standard InChI is InChI=1S/C23H22ClN5O2/c1-16-22(17(2)28(27-16)14-18-6-4-3-5-7-18)26-23(30)21-12-13-25-29(21)15-31-20-10-8-19(24)9-11-20/h3-13H,14-15H2,1-2H3,(H,26,30). The number of carbonyl (C=O) groups excluding carboxylic acids is 1. The third kappa shape index (κ3) is 4.78. The van der Waals surface area contributed by atoms with Gasteiger partial charge in [-0.05, 0) is 49.7 Å². The largest absolute Gasteiger partial charge is 0.471 e. The molecule has 31 heavy (non-hydrogen) atoms. The summed E-state index contributed by atoms with van der Waals surface area (Å²) in [5.41, 5.74) is 3.88. The summed E-state index contributed by atoms with van der Waals surface area (Å²) < 4.78 is 9.10. The quantitative estimate of drug-likeness (QED) is 0.457. The van der Waals surface area contributed by atoms with E-state index in [2.05, 4.69) is 15.5 Å². The van der Waals surface area contributed by atoms with E-state index < -0.39 is 0 Å². The normalized spacial score (nSPS) is 10.8. The molecule has 0 aliphatic rings. The lowest BCUT2D eigenvalue weighted by Crippen LogP contribution is -2.20. The Balaban J connectivity index is 1.46. The van der Waals surface area contributed by atoms with Crippen LogP contribution in [-0.4, -0.2) is 25.5 Å². The maximum atomic E-state index is 12.9. The fourth-order valence-corrected chi connectivity index (χ4v) is 3.39. The molecule has 2 aromatic heterocycles. The predicted molar refractivity (Wildman–Crippen MR) is 120 cm³/mol. The summed E-state index contributed by atoms with van der Waals surface area (Å²) in [6.07, 6.45) is 1.57. The highest BCUT2D eigenvalue weighted by Gasteiger charge is 2.18. The molecular formula is C23H22ClN5O2. The van der Waals surface area contributed by atoms with Gasteiger partial charge in [0.2, 0.25) is 0 Å². The van der Waals surface area contributed by atoms with Crippen LogP contribution in [0, 0.1) is 13.8 Å². The van der Waals surface area contributed by atoms with Crippen molar-refractivity contribution in [2.75, 3.05) is 5.32 Å². The summed E-state index contributed by atoms with van der Waals surface area (Å²) >= 11 is 5.89. The smallest absolute Gasteiger partial charge is 0.274 e. The summed E-state index contributed by atoms with van der Waals surface area (Å²) in [7, 11) is 0. The van der Waals surface area contributed by atoms with Crippen molar-refractivity contribution in [3.05, 3.63) is 94.5 Å².